The number of rotatable bonds is 10. The first-order valence-electron chi connectivity index (χ1n) is 9.80. The molecular weight excluding hydrogens is 452 g/mol. The molecule has 0 spiro atoms. The largest absolute Gasteiger partial charge is 0.487 e. The van der Waals surface area contributed by atoms with Gasteiger partial charge in [0.2, 0.25) is 6.10 Å². The van der Waals surface area contributed by atoms with E-state index in [2.05, 4.69) is 15.4 Å². The van der Waals surface area contributed by atoms with Gasteiger partial charge in [-0.15, -0.1) is 0 Å². The van der Waals surface area contributed by atoms with E-state index in [1.165, 1.54) is 37.4 Å². The van der Waals surface area contributed by atoms with Crippen LogP contribution in [0.4, 0.5) is 5.82 Å². The van der Waals surface area contributed by atoms with Crippen LogP contribution in [0.15, 0.2) is 59.9 Å². The number of hydrogen-bond acceptors (Lipinski definition) is 8. The summed E-state index contributed by atoms with van der Waals surface area (Å²) in [5.41, 5.74) is 0.250. The van der Waals surface area contributed by atoms with Crippen LogP contribution < -0.4 is 14.8 Å². The van der Waals surface area contributed by atoms with Gasteiger partial charge in [0.15, 0.2) is 20.7 Å². The molecule has 3 aromatic rings. The Morgan fingerprint density at radius 3 is 2.58 bits per heavy atom. The lowest BCUT2D eigenvalue weighted by Crippen LogP contribution is -2.33. The zero-order valence-corrected chi connectivity index (χ0v) is 18.7. The van der Waals surface area contributed by atoms with Crippen LogP contribution in [0.2, 0.25) is 0 Å². The minimum atomic E-state index is -3.45. The maximum absolute atomic E-state index is 12.4. The van der Waals surface area contributed by atoms with E-state index in [0.29, 0.717) is 5.82 Å². The maximum Gasteiger partial charge on any atom is 0.348 e. The van der Waals surface area contributed by atoms with Crippen molar-refractivity contribution < 1.29 is 32.6 Å². The number of carboxylic acids is 1. The molecule has 11 nitrogen and oxygen atoms in total. The zero-order chi connectivity index (χ0) is 24.0. The molecule has 3 rings (SSSR count). The van der Waals surface area contributed by atoms with Gasteiger partial charge in [0.1, 0.15) is 18.1 Å². The van der Waals surface area contributed by atoms with Crippen LogP contribution in [-0.2, 0) is 21.7 Å². The van der Waals surface area contributed by atoms with Crippen LogP contribution in [0.1, 0.15) is 17.3 Å². The number of amides is 1. The Bertz CT molecular complexity index is 1240. The molecular formula is C21H22N4O7S. The standard InChI is InChI=1S/C21H22N4O7S/c1-3-33(29,30)19-8-7-16(12-22-19)31-13-17(21(27)28)32-15-6-4-5-14(11-15)20(26)23-18-9-10-25(2)24-18/h4-12,17H,3,13H2,1-2H3,(H,27,28)(H,23,24,26). The predicted molar refractivity (Wildman–Crippen MR) is 117 cm³/mol. The number of nitrogens with one attached hydrogen (secondary N) is 1. The van der Waals surface area contributed by atoms with Crippen LogP contribution in [0.25, 0.3) is 0 Å². The molecule has 2 heterocycles. The fourth-order valence-electron chi connectivity index (χ4n) is 2.66. The first-order valence-corrected chi connectivity index (χ1v) is 11.5. The molecule has 0 saturated heterocycles. The van der Waals surface area contributed by atoms with Gasteiger partial charge in [-0.1, -0.05) is 13.0 Å². The van der Waals surface area contributed by atoms with Crippen molar-refractivity contribution in [2.24, 2.45) is 7.05 Å². The second kappa shape index (κ2) is 10.1. The number of carboxylic acid groups (broad SMARTS) is 1. The molecule has 0 fully saturated rings. The van der Waals surface area contributed by atoms with Gasteiger partial charge in [0.05, 0.1) is 11.9 Å². The highest BCUT2D eigenvalue weighted by Crippen LogP contribution is 2.18. The van der Waals surface area contributed by atoms with E-state index in [9.17, 15) is 23.1 Å². The van der Waals surface area contributed by atoms with E-state index in [4.69, 9.17) is 9.47 Å². The number of benzene rings is 1. The number of aliphatic carboxylic acids is 1. The number of ether oxygens (including phenoxy) is 2. The normalized spacial score (nSPS) is 12.1. The Labute approximate surface area is 189 Å². The lowest BCUT2D eigenvalue weighted by atomic mass is 10.2. The van der Waals surface area contributed by atoms with Crippen molar-refractivity contribution in [3.8, 4) is 11.5 Å². The van der Waals surface area contributed by atoms with Crippen molar-refractivity contribution in [1.29, 1.82) is 0 Å². The number of hydrogen-bond donors (Lipinski definition) is 2. The second-order valence-electron chi connectivity index (χ2n) is 6.85. The monoisotopic (exact) mass is 474 g/mol. The highest BCUT2D eigenvalue weighted by atomic mass is 32.2. The second-order valence-corrected chi connectivity index (χ2v) is 9.07. The van der Waals surface area contributed by atoms with E-state index in [1.54, 1.807) is 36.1 Å². The molecule has 0 aliphatic heterocycles. The van der Waals surface area contributed by atoms with Gasteiger partial charge in [0.25, 0.3) is 5.91 Å². The van der Waals surface area contributed by atoms with Crippen LogP contribution >= 0.6 is 0 Å². The number of anilines is 1. The van der Waals surface area contributed by atoms with Crippen LogP contribution in [-0.4, -0.2) is 58.6 Å². The highest BCUT2D eigenvalue weighted by molar-refractivity contribution is 7.91. The molecule has 2 aromatic heterocycles. The zero-order valence-electron chi connectivity index (χ0n) is 17.8. The lowest BCUT2D eigenvalue weighted by Gasteiger charge is -2.16. The van der Waals surface area contributed by atoms with Crippen LogP contribution in [0.5, 0.6) is 11.5 Å². The van der Waals surface area contributed by atoms with Crippen molar-refractivity contribution in [2.75, 3.05) is 17.7 Å². The molecule has 174 valence electrons. The summed E-state index contributed by atoms with van der Waals surface area (Å²) in [6.07, 6.45) is 1.49. The topological polar surface area (TPSA) is 150 Å². The third-order valence-electron chi connectivity index (χ3n) is 4.41. The molecule has 0 bridgehead atoms. The molecule has 1 atom stereocenters. The van der Waals surface area contributed by atoms with Crippen LogP contribution in [0, 0.1) is 0 Å². The number of carbonyl (C=O) groups excluding carboxylic acids is 1. The van der Waals surface area contributed by atoms with Gasteiger partial charge in [-0.25, -0.2) is 18.2 Å². The molecule has 0 saturated carbocycles. The Morgan fingerprint density at radius 1 is 1.18 bits per heavy atom. The number of carbonyl (C=O) groups is 2. The van der Waals surface area contributed by atoms with E-state index in [0.717, 1.165) is 0 Å². The van der Waals surface area contributed by atoms with Gasteiger partial charge in [-0.2, -0.15) is 5.10 Å². The Balaban J connectivity index is 1.64. The quantitative estimate of drug-likeness (QED) is 0.448. The highest BCUT2D eigenvalue weighted by Gasteiger charge is 2.22. The first kappa shape index (κ1) is 23.7. The van der Waals surface area contributed by atoms with E-state index < -0.39 is 27.8 Å². The predicted octanol–water partition coefficient (Wildman–Crippen LogP) is 1.77. The van der Waals surface area contributed by atoms with Crippen molar-refractivity contribution >= 4 is 27.5 Å². The third kappa shape index (κ3) is 6.29. The number of aryl methyl sites for hydroxylation is 1. The summed E-state index contributed by atoms with van der Waals surface area (Å²) in [5.74, 6) is -1.09. The molecule has 1 aromatic carbocycles. The molecule has 0 aliphatic carbocycles. The van der Waals surface area contributed by atoms with Gasteiger partial charge < -0.3 is 19.9 Å². The smallest absolute Gasteiger partial charge is 0.348 e. The molecule has 33 heavy (non-hydrogen) atoms. The fourth-order valence-corrected chi connectivity index (χ4v) is 3.44. The summed E-state index contributed by atoms with van der Waals surface area (Å²) >= 11 is 0. The first-order chi connectivity index (χ1) is 15.7. The molecule has 1 unspecified atom stereocenters. The van der Waals surface area contributed by atoms with E-state index >= 15 is 0 Å². The van der Waals surface area contributed by atoms with Crippen molar-refractivity contribution in [2.45, 2.75) is 18.1 Å². The van der Waals surface area contributed by atoms with Gasteiger partial charge in [0, 0.05) is 24.9 Å². The number of sulfone groups is 1. The van der Waals surface area contributed by atoms with Gasteiger partial charge >= 0.3 is 5.97 Å². The van der Waals surface area contributed by atoms with Crippen molar-refractivity contribution in [1.82, 2.24) is 14.8 Å². The molecule has 2 N–H and O–H groups in total. The molecule has 1 amide bonds. The van der Waals surface area contributed by atoms with E-state index in [-0.39, 0.29) is 34.4 Å². The summed E-state index contributed by atoms with van der Waals surface area (Å²) in [7, 11) is -1.74. The third-order valence-corrected chi connectivity index (χ3v) is 6.05. The Morgan fingerprint density at radius 2 is 1.97 bits per heavy atom. The summed E-state index contributed by atoms with van der Waals surface area (Å²) in [5, 5.41) is 16.1. The van der Waals surface area contributed by atoms with Crippen molar-refractivity contribution in [3.05, 3.63) is 60.4 Å². The number of pyridine rings is 1. The number of aromatic nitrogens is 3. The van der Waals surface area contributed by atoms with Crippen LogP contribution in [0.3, 0.4) is 0 Å². The van der Waals surface area contributed by atoms with Gasteiger partial charge in [-0.3, -0.25) is 9.48 Å². The summed E-state index contributed by atoms with van der Waals surface area (Å²) in [4.78, 5) is 27.9. The fraction of sp³-hybridized carbons (Fsp3) is 0.238. The van der Waals surface area contributed by atoms with Gasteiger partial charge in [-0.05, 0) is 30.3 Å². The number of nitrogens with zero attached hydrogens (tertiary/aromatic N) is 3. The van der Waals surface area contributed by atoms with E-state index in [1.807, 2.05) is 0 Å². The molecule has 12 heteroatoms. The Hall–Kier alpha value is -3.93. The summed E-state index contributed by atoms with van der Waals surface area (Å²) in [6.45, 7) is 1.13. The Kier molecular flexibility index (Phi) is 7.28. The minimum absolute atomic E-state index is 0.0892. The average Bonchev–Trinajstić information content (AvgIpc) is 3.21. The summed E-state index contributed by atoms with van der Waals surface area (Å²) < 4.78 is 36.1. The molecule has 0 radical (unpaired) electrons. The van der Waals surface area contributed by atoms with Crippen molar-refractivity contribution in [3.63, 3.8) is 0 Å². The average molecular weight is 474 g/mol. The maximum atomic E-state index is 12.4. The summed E-state index contributed by atoms with van der Waals surface area (Å²) in [6, 6.07) is 10.3. The minimum Gasteiger partial charge on any atom is -0.487 e. The molecule has 0 aliphatic rings. The lowest BCUT2D eigenvalue weighted by molar-refractivity contribution is -0.146. The SMILES string of the molecule is CCS(=O)(=O)c1ccc(OCC(Oc2cccc(C(=O)Nc3ccn(C)n3)c2)C(=O)O)cn1.